The Hall–Kier alpha value is -2.40. The van der Waals surface area contributed by atoms with E-state index < -0.39 is 0 Å². The topological polar surface area (TPSA) is 68.0 Å². The fourth-order valence-corrected chi connectivity index (χ4v) is 2.26. The third-order valence-corrected chi connectivity index (χ3v) is 3.32. The first-order chi connectivity index (χ1) is 10.1. The minimum absolute atomic E-state index is 0.138. The standard InChI is InChI=1S/C15H12ClN3O2/c1-9-11(6-7-14(16)17-9)18-15(20)8-12-10-4-2-3-5-13(10)21-19-12/h2-7H,8H2,1H3,(H,18,20). The quantitative estimate of drug-likeness (QED) is 0.753. The number of halogens is 1. The molecule has 2 aromatic heterocycles. The number of nitrogens with one attached hydrogen (secondary N) is 1. The number of nitrogens with zero attached hydrogens (tertiary/aromatic N) is 2. The van der Waals surface area contributed by atoms with E-state index in [1.807, 2.05) is 24.3 Å². The van der Waals surface area contributed by atoms with Gasteiger partial charge in [-0.15, -0.1) is 0 Å². The Kier molecular flexibility index (Phi) is 3.58. The third kappa shape index (κ3) is 2.87. The number of hydrogen-bond donors (Lipinski definition) is 1. The lowest BCUT2D eigenvalue weighted by atomic mass is 10.1. The largest absolute Gasteiger partial charge is 0.356 e. The molecule has 1 N–H and O–H groups in total. The summed E-state index contributed by atoms with van der Waals surface area (Å²) in [5.41, 5.74) is 2.59. The zero-order valence-corrected chi connectivity index (χ0v) is 12.0. The van der Waals surface area contributed by atoms with Crippen molar-refractivity contribution < 1.29 is 9.32 Å². The van der Waals surface area contributed by atoms with Crippen LogP contribution in [0.4, 0.5) is 5.69 Å². The van der Waals surface area contributed by atoms with Gasteiger partial charge in [-0.05, 0) is 31.2 Å². The van der Waals surface area contributed by atoms with Crippen LogP contribution in [-0.4, -0.2) is 16.0 Å². The van der Waals surface area contributed by atoms with Crippen LogP contribution in [-0.2, 0) is 11.2 Å². The van der Waals surface area contributed by atoms with Gasteiger partial charge in [-0.1, -0.05) is 28.9 Å². The SMILES string of the molecule is Cc1nc(Cl)ccc1NC(=O)Cc1noc2ccccc12. The molecule has 5 nitrogen and oxygen atoms in total. The first-order valence-electron chi connectivity index (χ1n) is 6.40. The maximum atomic E-state index is 12.1. The third-order valence-electron chi connectivity index (χ3n) is 3.11. The average molecular weight is 302 g/mol. The van der Waals surface area contributed by atoms with Crippen LogP contribution in [0.5, 0.6) is 0 Å². The van der Waals surface area contributed by atoms with E-state index in [0.29, 0.717) is 27.8 Å². The fraction of sp³-hybridized carbons (Fsp3) is 0.133. The van der Waals surface area contributed by atoms with Crippen LogP contribution in [0.2, 0.25) is 5.15 Å². The van der Waals surface area contributed by atoms with Crippen LogP contribution in [0, 0.1) is 6.92 Å². The first-order valence-corrected chi connectivity index (χ1v) is 6.77. The van der Waals surface area contributed by atoms with Crippen LogP contribution < -0.4 is 5.32 Å². The van der Waals surface area contributed by atoms with Crippen LogP contribution >= 0.6 is 11.6 Å². The van der Waals surface area contributed by atoms with E-state index in [0.717, 1.165) is 5.39 Å². The molecule has 0 bridgehead atoms. The van der Waals surface area contributed by atoms with Gasteiger partial charge in [0.1, 0.15) is 10.8 Å². The van der Waals surface area contributed by atoms with Crippen molar-refractivity contribution in [3.8, 4) is 0 Å². The van der Waals surface area contributed by atoms with Gasteiger partial charge in [0.25, 0.3) is 0 Å². The predicted molar refractivity (Wildman–Crippen MR) is 80.3 cm³/mol. The number of pyridine rings is 1. The zero-order chi connectivity index (χ0) is 14.8. The van der Waals surface area contributed by atoms with Crippen molar-refractivity contribution in [2.45, 2.75) is 13.3 Å². The van der Waals surface area contributed by atoms with E-state index in [-0.39, 0.29) is 12.3 Å². The summed E-state index contributed by atoms with van der Waals surface area (Å²) in [6, 6.07) is 10.8. The second-order valence-corrected chi connectivity index (χ2v) is 5.00. The molecule has 1 aromatic carbocycles. The van der Waals surface area contributed by atoms with Crippen LogP contribution in [0.15, 0.2) is 40.9 Å². The summed E-state index contributed by atoms with van der Waals surface area (Å²) in [5.74, 6) is -0.179. The number of fused-ring (bicyclic) bond motifs is 1. The van der Waals surface area contributed by atoms with Gasteiger partial charge < -0.3 is 9.84 Å². The van der Waals surface area contributed by atoms with Crippen LogP contribution in [0.1, 0.15) is 11.4 Å². The number of rotatable bonds is 3. The van der Waals surface area contributed by atoms with Crippen molar-refractivity contribution in [1.29, 1.82) is 0 Å². The number of carbonyl (C=O) groups excluding carboxylic acids is 1. The number of amides is 1. The predicted octanol–water partition coefficient (Wildman–Crippen LogP) is 3.37. The molecule has 0 aliphatic rings. The number of aryl methyl sites for hydroxylation is 1. The highest BCUT2D eigenvalue weighted by molar-refractivity contribution is 6.29. The lowest BCUT2D eigenvalue weighted by Gasteiger charge is -2.07. The van der Waals surface area contributed by atoms with Crippen molar-refractivity contribution in [2.24, 2.45) is 0 Å². The van der Waals surface area contributed by atoms with E-state index in [1.54, 1.807) is 19.1 Å². The first kappa shape index (κ1) is 13.6. The van der Waals surface area contributed by atoms with Crippen molar-refractivity contribution in [3.63, 3.8) is 0 Å². The number of anilines is 1. The molecule has 1 amide bonds. The summed E-state index contributed by atoms with van der Waals surface area (Å²) in [6.07, 6.45) is 0.138. The summed E-state index contributed by atoms with van der Waals surface area (Å²) < 4.78 is 5.18. The summed E-state index contributed by atoms with van der Waals surface area (Å²) in [6.45, 7) is 1.78. The molecule has 0 aliphatic carbocycles. The van der Waals surface area contributed by atoms with Gasteiger partial charge in [-0.2, -0.15) is 0 Å². The Morgan fingerprint density at radius 1 is 1.29 bits per heavy atom. The molecule has 21 heavy (non-hydrogen) atoms. The highest BCUT2D eigenvalue weighted by Crippen LogP contribution is 2.19. The molecule has 0 aliphatic heterocycles. The molecule has 0 saturated heterocycles. The van der Waals surface area contributed by atoms with E-state index in [2.05, 4.69) is 15.5 Å². The minimum atomic E-state index is -0.179. The molecular weight excluding hydrogens is 290 g/mol. The summed E-state index contributed by atoms with van der Waals surface area (Å²) in [7, 11) is 0. The molecule has 0 spiro atoms. The van der Waals surface area contributed by atoms with E-state index in [1.165, 1.54) is 0 Å². The monoisotopic (exact) mass is 301 g/mol. The lowest BCUT2D eigenvalue weighted by Crippen LogP contribution is -2.15. The van der Waals surface area contributed by atoms with Crippen LogP contribution in [0.3, 0.4) is 0 Å². The van der Waals surface area contributed by atoms with Crippen molar-refractivity contribution in [1.82, 2.24) is 10.1 Å². The maximum absolute atomic E-state index is 12.1. The Morgan fingerprint density at radius 3 is 2.90 bits per heavy atom. The van der Waals surface area contributed by atoms with Crippen LogP contribution in [0.25, 0.3) is 11.0 Å². The Morgan fingerprint density at radius 2 is 2.10 bits per heavy atom. The van der Waals surface area contributed by atoms with Crippen molar-refractivity contribution in [3.05, 3.63) is 52.9 Å². The highest BCUT2D eigenvalue weighted by atomic mass is 35.5. The molecule has 106 valence electrons. The molecule has 0 radical (unpaired) electrons. The molecule has 3 aromatic rings. The van der Waals surface area contributed by atoms with E-state index >= 15 is 0 Å². The number of carbonyl (C=O) groups is 1. The Balaban J connectivity index is 1.77. The van der Waals surface area contributed by atoms with Gasteiger partial charge in [0.05, 0.1) is 17.8 Å². The van der Waals surface area contributed by atoms with Gasteiger partial charge in [-0.25, -0.2) is 4.98 Å². The average Bonchev–Trinajstić information content (AvgIpc) is 2.85. The number of aromatic nitrogens is 2. The number of para-hydroxylation sites is 1. The summed E-state index contributed by atoms with van der Waals surface area (Å²) in [5, 5.41) is 7.98. The second-order valence-electron chi connectivity index (χ2n) is 4.62. The molecule has 3 rings (SSSR count). The van der Waals surface area contributed by atoms with Crippen molar-refractivity contribution in [2.75, 3.05) is 5.32 Å². The summed E-state index contributed by atoms with van der Waals surface area (Å²) >= 11 is 5.79. The molecule has 0 fully saturated rings. The van der Waals surface area contributed by atoms with Crippen molar-refractivity contribution >= 4 is 34.2 Å². The van der Waals surface area contributed by atoms with E-state index in [4.69, 9.17) is 16.1 Å². The number of hydrogen-bond acceptors (Lipinski definition) is 4. The smallest absolute Gasteiger partial charge is 0.230 e. The normalized spacial score (nSPS) is 10.8. The Labute approximate surface area is 125 Å². The molecule has 6 heteroatoms. The van der Waals surface area contributed by atoms with Gasteiger partial charge in [0, 0.05) is 5.39 Å². The fourth-order valence-electron chi connectivity index (χ4n) is 2.07. The van der Waals surface area contributed by atoms with Gasteiger partial charge in [-0.3, -0.25) is 4.79 Å². The molecule has 0 saturated carbocycles. The number of benzene rings is 1. The summed E-state index contributed by atoms with van der Waals surface area (Å²) in [4.78, 5) is 16.2. The Bertz CT molecular complexity index is 814. The van der Waals surface area contributed by atoms with Gasteiger partial charge in [0.2, 0.25) is 5.91 Å². The molecule has 0 unspecified atom stereocenters. The van der Waals surface area contributed by atoms with E-state index in [9.17, 15) is 4.79 Å². The highest BCUT2D eigenvalue weighted by Gasteiger charge is 2.13. The minimum Gasteiger partial charge on any atom is -0.356 e. The lowest BCUT2D eigenvalue weighted by molar-refractivity contribution is -0.115. The molecule has 0 atom stereocenters. The maximum Gasteiger partial charge on any atom is 0.230 e. The molecular formula is C15H12ClN3O2. The van der Waals surface area contributed by atoms with Gasteiger partial charge in [0.15, 0.2) is 5.58 Å². The van der Waals surface area contributed by atoms with Gasteiger partial charge >= 0.3 is 0 Å². The zero-order valence-electron chi connectivity index (χ0n) is 11.3. The second kappa shape index (κ2) is 5.54. The molecule has 2 heterocycles.